The number of nitrogen functional groups attached to an aromatic ring is 1. The molecule has 4 nitrogen and oxygen atoms in total. The van der Waals surface area contributed by atoms with Gasteiger partial charge in [0, 0.05) is 5.69 Å². The lowest BCUT2D eigenvalue weighted by Crippen LogP contribution is -2.08. The first kappa shape index (κ1) is 10.4. The molecule has 0 aliphatic heterocycles. The molecule has 5 heteroatoms. The van der Waals surface area contributed by atoms with E-state index in [1.807, 2.05) is 0 Å². The van der Waals surface area contributed by atoms with Crippen molar-refractivity contribution in [1.29, 1.82) is 0 Å². The van der Waals surface area contributed by atoms with Gasteiger partial charge in [0.1, 0.15) is 0 Å². The van der Waals surface area contributed by atoms with E-state index in [1.54, 1.807) is 12.1 Å². The van der Waals surface area contributed by atoms with E-state index in [0.29, 0.717) is 11.6 Å². The third kappa shape index (κ3) is 2.70. The van der Waals surface area contributed by atoms with Gasteiger partial charge in [0.15, 0.2) is 0 Å². The van der Waals surface area contributed by atoms with Gasteiger partial charge >= 0.3 is 0 Å². The van der Waals surface area contributed by atoms with E-state index in [1.165, 1.54) is 12.1 Å². The lowest BCUT2D eigenvalue weighted by molar-refractivity contribution is 0.302. The molecular weight excluding hydrogens is 214 g/mol. The molecule has 0 aromatic heterocycles. The summed E-state index contributed by atoms with van der Waals surface area (Å²) >= 11 is 0. The second-order valence-electron chi connectivity index (χ2n) is 3.75. The molecule has 1 aromatic rings. The third-order valence-electron chi connectivity index (χ3n) is 2.30. The Morgan fingerprint density at radius 2 is 2.13 bits per heavy atom. The van der Waals surface area contributed by atoms with E-state index < -0.39 is 10.1 Å². The highest BCUT2D eigenvalue weighted by Crippen LogP contribution is 2.30. The molecule has 0 heterocycles. The van der Waals surface area contributed by atoms with Crippen LogP contribution in [0.1, 0.15) is 12.8 Å². The molecule has 2 N–H and O–H groups in total. The number of anilines is 1. The Morgan fingerprint density at radius 3 is 2.73 bits per heavy atom. The molecule has 82 valence electrons. The molecule has 1 saturated carbocycles. The lowest BCUT2D eigenvalue weighted by atomic mass is 10.3. The number of rotatable bonds is 4. The second kappa shape index (κ2) is 3.83. The van der Waals surface area contributed by atoms with Gasteiger partial charge in [0.25, 0.3) is 10.1 Å². The van der Waals surface area contributed by atoms with Crippen molar-refractivity contribution in [2.24, 2.45) is 5.92 Å². The average molecular weight is 227 g/mol. The summed E-state index contributed by atoms with van der Waals surface area (Å²) in [5.74, 6) is 0.417. The van der Waals surface area contributed by atoms with Gasteiger partial charge in [0.2, 0.25) is 0 Å². The Morgan fingerprint density at radius 1 is 1.40 bits per heavy atom. The molecule has 0 bridgehead atoms. The Kier molecular flexibility index (Phi) is 2.67. The summed E-state index contributed by atoms with van der Waals surface area (Å²) in [7, 11) is -3.62. The van der Waals surface area contributed by atoms with Gasteiger partial charge in [-0.3, -0.25) is 4.18 Å². The fourth-order valence-electron chi connectivity index (χ4n) is 1.21. The van der Waals surface area contributed by atoms with Crippen molar-refractivity contribution >= 4 is 15.8 Å². The third-order valence-corrected chi connectivity index (χ3v) is 3.58. The first-order valence-corrected chi connectivity index (χ1v) is 6.24. The molecule has 0 amide bonds. The molecule has 2 rings (SSSR count). The molecule has 0 spiro atoms. The van der Waals surface area contributed by atoms with Crippen LogP contribution in [0.5, 0.6) is 0 Å². The van der Waals surface area contributed by atoms with Gasteiger partial charge < -0.3 is 5.73 Å². The first-order chi connectivity index (χ1) is 7.08. The molecule has 15 heavy (non-hydrogen) atoms. The van der Waals surface area contributed by atoms with E-state index in [9.17, 15) is 8.42 Å². The predicted molar refractivity (Wildman–Crippen MR) is 56.7 cm³/mol. The largest absolute Gasteiger partial charge is 0.399 e. The van der Waals surface area contributed by atoms with E-state index in [4.69, 9.17) is 9.92 Å². The molecule has 1 aliphatic rings. The Hall–Kier alpha value is -1.07. The van der Waals surface area contributed by atoms with Crippen LogP contribution in [0.3, 0.4) is 0 Å². The molecule has 0 saturated heterocycles. The molecule has 0 unspecified atom stereocenters. The molecule has 1 aliphatic carbocycles. The van der Waals surface area contributed by atoms with Crippen LogP contribution < -0.4 is 5.73 Å². The number of hydrogen-bond donors (Lipinski definition) is 1. The van der Waals surface area contributed by atoms with E-state index in [0.717, 1.165) is 12.8 Å². The fourth-order valence-corrected chi connectivity index (χ4v) is 2.24. The highest BCUT2D eigenvalue weighted by Gasteiger charge is 2.25. The van der Waals surface area contributed by atoms with Crippen LogP contribution in [0.2, 0.25) is 0 Å². The molecule has 1 aromatic carbocycles. The van der Waals surface area contributed by atoms with Gasteiger partial charge in [-0.2, -0.15) is 8.42 Å². The lowest BCUT2D eigenvalue weighted by Gasteiger charge is -2.05. The number of hydrogen-bond acceptors (Lipinski definition) is 4. The number of benzene rings is 1. The summed E-state index contributed by atoms with van der Waals surface area (Å²) < 4.78 is 28.2. The zero-order valence-corrected chi connectivity index (χ0v) is 9.03. The summed E-state index contributed by atoms with van der Waals surface area (Å²) in [5, 5.41) is 0. The molecule has 1 fully saturated rings. The van der Waals surface area contributed by atoms with Crippen LogP contribution in [-0.2, 0) is 14.3 Å². The zero-order chi connectivity index (χ0) is 10.9. The summed E-state index contributed by atoms with van der Waals surface area (Å²) in [6, 6.07) is 6.13. The van der Waals surface area contributed by atoms with Crippen molar-refractivity contribution in [3.63, 3.8) is 0 Å². The monoisotopic (exact) mass is 227 g/mol. The Balaban J connectivity index is 2.12. The maximum Gasteiger partial charge on any atom is 0.297 e. The maximum absolute atomic E-state index is 11.6. The van der Waals surface area contributed by atoms with Gasteiger partial charge in [-0.05, 0) is 37.0 Å². The minimum absolute atomic E-state index is 0.128. The average Bonchev–Trinajstić information content (AvgIpc) is 2.98. The van der Waals surface area contributed by atoms with Crippen molar-refractivity contribution in [3.8, 4) is 0 Å². The van der Waals surface area contributed by atoms with Crippen LogP contribution in [0, 0.1) is 5.92 Å². The highest BCUT2D eigenvalue weighted by molar-refractivity contribution is 7.86. The highest BCUT2D eigenvalue weighted by atomic mass is 32.2. The molecule has 0 atom stereocenters. The van der Waals surface area contributed by atoms with Gasteiger partial charge in [-0.1, -0.05) is 6.07 Å². The van der Waals surface area contributed by atoms with Crippen molar-refractivity contribution in [2.75, 3.05) is 12.3 Å². The van der Waals surface area contributed by atoms with Crippen LogP contribution in [-0.4, -0.2) is 15.0 Å². The van der Waals surface area contributed by atoms with Crippen molar-refractivity contribution in [2.45, 2.75) is 17.7 Å². The minimum Gasteiger partial charge on any atom is -0.399 e. The van der Waals surface area contributed by atoms with E-state index >= 15 is 0 Å². The summed E-state index contributed by atoms with van der Waals surface area (Å²) in [6.45, 7) is 0.289. The van der Waals surface area contributed by atoms with Crippen LogP contribution >= 0.6 is 0 Å². The second-order valence-corrected chi connectivity index (χ2v) is 5.37. The van der Waals surface area contributed by atoms with E-state index in [-0.39, 0.29) is 11.5 Å². The van der Waals surface area contributed by atoms with Crippen molar-refractivity contribution in [1.82, 2.24) is 0 Å². The Labute approximate surface area is 89.2 Å². The Bertz CT molecular complexity index is 451. The predicted octanol–water partition coefficient (Wildman–Crippen LogP) is 1.38. The molecular formula is C10H13NO3S. The minimum atomic E-state index is -3.62. The maximum atomic E-state index is 11.6. The zero-order valence-electron chi connectivity index (χ0n) is 8.22. The van der Waals surface area contributed by atoms with E-state index in [2.05, 4.69) is 0 Å². The topological polar surface area (TPSA) is 69.4 Å². The summed E-state index contributed by atoms with van der Waals surface area (Å²) in [4.78, 5) is 0.128. The fraction of sp³-hybridized carbons (Fsp3) is 0.400. The molecule has 0 radical (unpaired) electrons. The normalized spacial score (nSPS) is 16.5. The van der Waals surface area contributed by atoms with Crippen molar-refractivity contribution in [3.05, 3.63) is 24.3 Å². The van der Waals surface area contributed by atoms with Crippen molar-refractivity contribution < 1.29 is 12.6 Å². The van der Waals surface area contributed by atoms with Crippen LogP contribution in [0.15, 0.2) is 29.2 Å². The van der Waals surface area contributed by atoms with Gasteiger partial charge in [-0.25, -0.2) is 0 Å². The quantitative estimate of drug-likeness (QED) is 0.623. The van der Waals surface area contributed by atoms with Crippen LogP contribution in [0.25, 0.3) is 0 Å². The summed E-state index contributed by atoms with van der Waals surface area (Å²) in [6.07, 6.45) is 2.12. The standard InChI is InChI=1S/C10H13NO3S/c11-9-2-1-3-10(6-9)15(12,13)14-7-8-4-5-8/h1-3,6,8H,4-5,7,11H2. The summed E-state index contributed by atoms with van der Waals surface area (Å²) in [5.41, 5.74) is 5.93. The first-order valence-electron chi connectivity index (χ1n) is 4.83. The van der Waals surface area contributed by atoms with Crippen LogP contribution in [0.4, 0.5) is 5.69 Å². The van der Waals surface area contributed by atoms with Gasteiger partial charge in [0.05, 0.1) is 11.5 Å². The smallest absolute Gasteiger partial charge is 0.297 e. The number of nitrogens with two attached hydrogens (primary N) is 1. The van der Waals surface area contributed by atoms with Gasteiger partial charge in [-0.15, -0.1) is 0 Å². The SMILES string of the molecule is Nc1cccc(S(=O)(=O)OCC2CC2)c1.